The summed E-state index contributed by atoms with van der Waals surface area (Å²) in [5, 5.41) is 6.02. The standard InChI is InChI=1S/C31H30N4O2/c36-30(34-28-13-7-12-25(20-28)24-10-5-2-6-11-24)26-14-15-29(32-21-26)31(37)33-27-16-18-35(19-17-27)22-23-8-3-1-4-9-23/h1-15,20-21,27H,16-19,22H2,(H,33,37)(H,34,36). The third kappa shape index (κ3) is 6.48. The number of hydrogen-bond acceptors (Lipinski definition) is 4. The summed E-state index contributed by atoms with van der Waals surface area (Å²) in [6, 6.07) is 31.5. The molecule has 1 aromatic heterocycles. The Morgan fingerprint density at radius 2 is 1.49 bits per heavy atom. The van der Waals surface area contributed by atoms with Crippen molar-refractivity contribution in [2.45, 2.75) is 25.4 Å². The lowest BCUT2D eigenvalue weighted by atomic mass is 10.0. The number of nitrogens with zero attached hydrogens (tertiary/aromatic N) is 2. The van der Waals surface area contributed by atoms with Crippen molar-refractivity contribution in [3.05, 3.63) is 120 Å². The molecule has 4 aromatic rings. The number of hydrogen-bond donors (Lipinski definition) is 2. The largest absolute Gasteiger partial charge is 0.348 e. The molecule has 186 valence electrons. The fourth-order valence-corrected chi connectivity index (χ4v) is 4.61. The maximum atomic E-state index is 12.8. The number of carbonyl (C=O) groups is 2. The topological polar surface area (TPSA) is 74.3 Å². The van der Waals surface area contributed by atoms with Gasteiger partial charge in [0.25, 0.3) is 11.8 Å². The average molecular weight is 491 g/mol. The van der Waals surface area contributed by atoms with Crippen LogP contribution in [0.5, 0.6) is 0 Å². The molecule has 0 radical (unpaired) electrons. The van der Waals surface area contributed by atoms with Crippen LogP contribution in [0.2, 0.25) is 0 Å². The van der Waals surface area contributed by atoms with Crippen LogP contribution in [0.25, 0.3) is 11.1 Å². The number of aromatic nitrogens is 1. The number of amides is 2. The fourth-order valence-electron chi connectivity index (χ4n) is 4.61. The SMILES string of the molecule is O=C(Nc1cccc(-c2ccccc2)c1)c1ccc(C(=O)NC2CCN(Cc3ccccc3)CC2)nc1. The Hall–Kier alpha value is -4.29. The molecule has 1 aliphatic rings. The minimum atomic E-state index is -0.268. The average Bonchev–Trinajstić information content (AvgIpc) is 2.95. The van der Waals surface area contributed by atoms with Crippen molar-refractivity contribution >= 4 is 17.5 Å². The van der Waals surface area contributed by atoms with Gasteiger partial charge in [-0.1, -0.05) is 72.8 Å². The third-order valence-electron chi connectivity index (χ3n) is 6.66. The molecule has 2 amide bonds. The quantitative estimate of drug-likeness (QED) is 0.364. The van der Waals surface area contributed by atoms with Crippen LogP contribution < -0.4 is 10.6 Å². The molecular weight excluding hydrogens is 460 g/mol. The summed E-state index contributed by atoms with van der Waals surface area (Å²) in [5.74, 6) is -0.473. The van der Waals surface area contributed by atoms with Gasteiger partial charge in [-0.2, -0.15) is 0 Å². The van der Waals surface area contributed by atoms with Gasteiger partial charge in [0, 0.05) is 37.6 Å². The number of carbonyl (C=O) groups excluding carboxylic acids is 2. The smallest absolute Gasteiger partial charge is 0.270 e. The maximum Gasteiger partial charge on any atom is 0.270 e. The monoisotopic (exact) mass is 490 g/mol. The number of piperidine rings is 1. The highest BCUT2D eigenvalue weighted by molar-refractivity contribution is 6.04. The Morgan fingerprint density at radius 1 is 0.784 bits per heavy atom. The van der Waals surface area contributed by atoms with E-state index in [-0.39, 0.29) is 17.9 Å². The number of anilines is 1. The van der Waals surface area contributed by atoms with E-state index in [9.17, 15) is 9.59 Å². The number of likely N-dealkylation sites (tertiary alicyclic amines) is 1. The Balaban J connectivity index is 1.13. The zero-order chi connectivity index (χ0) is 25.5. The van der Waals surface area contributed by atoms with Gasteiger partial charge in [0.1, 0.15) is 5.69 Å². The van der Waals surface area contributed by atoms with Gasteiger partial charge in [0.15, 0.2) is 0 Å². The Morgan fingerprint density at radius 3 is 2.19 bits per heavy atom. The van der Waals surface area contributed by atoms with Gasteiger partial charge >= 0.3 is 0 Å². The number of pyridine rings is 1. The van der Waals surface area contributed by atoms with E-state index in [4.69, 9.17) is 0 Å². The number of benzene rings is 3. The van der Waals surface area contributed by atoms with Gasteiger partial charge in [-0.25, -0.2) is 0 Å². The first-order valence-corrected chi connectivity index (χ1v) is 12.6. The van der Waals surface area contributed by atoms with Gasteiger partial charge in [0.05, 0.1) is 5.56 Å². The van der Waals surface area contributed by atoms with Crippen molar-refractivity contribution in [2.24, 2.45) is 0 Å². The minimum absolute atomic E-state index is 0.126. The zero-order valence-corrected chi connectivity index (χ0v) is 20.6. The second-order valence-electron chi connectivity index (χ2n) is 9.34. The number of rotatable bonds is 7. The molecule has 6 nitrogen and oxygen atoms in total. The van der Waals surface area contributed by atoms with Gasteiger partial charge in [-0.3, -0.25) is 19.5 Å². The lowest BCUT2D eigenvalue weighted by Crippen LogP contribution is -2.44. The molecule has 37 heavy (non-hydrogen) atoms. The third-order valence-corrected chi connectivity index (χ3v) is 6.66. The van der Waals surface area contributed by atoms with E-state index < -0.39 is 0 Å². The predicted molar refractivity (Wildman–Crippen MR) is 146 cm³/mol. The number of nitrogens with one attached hydrogen (secondary N) is 2. The molecule has 2 N–H and O–H groups in total. The summed E-state index contributed by atoms with van der Waals surface area (Å²) in [5.41, 5.74) is 4.83. The lowest BCUT2D eigenvalue weighted by Gasteiger charge is -2.32. The normalized spacial score (nSPS) is 14.2. The van der Waals surface area contributed by atoms with E-state index in [1.807, 2.05) is 60.7 Å². The molecule has 3 aromatic carbocycles. The molecule has 5 rings (SSSR count). The molecule has 0 atom stereocenters. The van der Waals surface area contributed by atoms with Crippen LogP contribution in [-0.4, -0.2) is 40.8 Å². The van der Waals surface area contributed by atoms with E-state index in [1.165, 1.54) is 11.8 Å². The van der Waals surface area contributed by atoms with E-state index in [1.54, 1.807) is 12.1 Å². The first-order valence-electron chi connectivity index (χ1n) is 12.6. The molecule has 2 heterocycles. The summed E-state index contributed by atoms with van der Waals surface area (Å²) >= 11 is 0. The van der Waals surface area contributed by atoms with Crippen LogP contribution in [0, 0.1) is 0 Å². The Kier molecular flexibility index (Phi) is 7.67. The molecule has 0 saturated carbocycles. The molecule has 1 saturated heterocycles. The molecule has 0 unspecified atom stereocenters. The van der Waals surface area contributed by atoms with Gasteiger partial charge < -0.3 is 10.6 Å². The summed E-state index contributed by atoms with van der Waals surface area (Å²) in [7, 11) is 0. The van der Waals surface area contributed by atoms with Crippen molar-refractivity contribution in [3.63, 3.8) is 0 Å². The lowest BCUT2D eigenvalue weighted by molar-refractivity contribution is 0.0902. The fraction of sp³-hybridized carbons (Fsp3) is 0.194. The molecule has 0 bridgehead atoms. The Labute approximate surface area is 217 Å². The van der Waals surface area contributed by atoms with Crippen LogP contribution in [0.3, 0.4) is 0 Å². The zero-order valence-electron chi connectivity index (χ0n) is 20.6. The molecule has 0 aliphatic carbocycles. The van der Waals surface area contributed by atoms with E-state index in [2.05, 4.69) is 44.8 Å². The minimum Gasteiger partial charge on any atom is -0.348 e. The van der Waals surface area contributed by atoms with Gasteiger partial charge in [-0.05, 0) is 53.8 Å². The van der Waals surface area contributed by atoms with Crippen molar-refractivity contribution < 1.29 is 9.59 Å². The van der Waals surface area contributed by atoms with Crippen LogP contribution in [0.4, 0.5) is 5.69 Å². The second kappa shape index (κ2) is 11.6. The Bertz CT molecular complexity index is 1330. The predicted octanol–water partition coefficient (Wildman–Crippen LogP) is 5.40. The first-order chi connectivity index (χ1) is 18.1. The summed E-state index contributed by atoms with van der Waals surface area (Å²) in [6.45, 7) is 2.82. The van der Waals surface area contributed by atoms with Crippen LogP contribution in [0.15, 0.2) is 103 Å². The molecule has 0 spiro atoms. The van der Waals surface area contributed by atoms with E-state index in [0.29, 0.717) is 16.9 Å². The van der Waals surface area contributed by atoms with Gasteiger partial charge in [-0.15, -0.1) is 0 Å². The highest BCUT2D eigenvalue weighted by Gasteiger charge is 2.22. The van der Waals surface area contributed by atoms with Crippen molar-refractivity contribution in [2.75, 3.05) is 18.4 Å². The van der Waals surface area contributed by atoms with E-state index in [0.717, 1.165) is 43.6 Å². The molecule has 1 fully saturated rings. The van der Waals surface area contributed by atoms with Crippen LogP contribution in [0.1, 0.15) is 39.3 Å². The highest BCUT2D eigenvalue weighted by atomic mass is 16.2. The van der Waals surface area contributed by atoms with Crippen molar-refractivity contribution in [1.82, 2.24) is 15.2 Å². The molecular formula is C31H30N4O2. The van der Waals surface area contributed by atoms with Crippen LogP contribution in [-0.2, 0) is 6.54 Å². The second-order valence-corrected chi connectivity index (χ2v) is 9.34. The highest BCUT2D eigenvalue weighted by Crippen LogP contribution is 2.22. The summed E-state index contributed by atoms with van der Waals surface area (Å²) in [4.78, 5) is 32.2. The van der Waals surface area contributed by atoms with E-state index >= 15 is 0 Å². The maximum absolute atomic E-state index is 12.8. The summed E-state index contributed by atoms with van der Waals surface area (Å²) in [6.07, 6.45) is 3.26. The van der Waals surface area contributed by atoms with Crippen LogP contribution >= 0.6 is 0 Å². The van der Waals surface area contributed by atoms with Gasteiger partial charge in [0.2, 0.25) is 0 Å². The first kappa shape index (κ1) is 24.4. The van der Waals surface area contributed by atoms with Crippen molar-refractivity contribution in [3.8, 4) is 11.1 Å². The molecule has 1 aliphatic heterocycles. The molecule has 6 heteroatoms. The van der Waals surface area contributed by atoms with Crippen molar-refractivity contribution in [1.29, 1.82) is 0 Å². The summed E-state index contributed by atoms with van der Waals surface area (Å²) < 4.78 is 0.